The largest absolute Gasteiger partial charge is 0.383 e. The fraction of sp³-hybridized carbons (Fsp3) is 0.200. The Morgan fingerprint density at radius 2 is 2.22 bits per heavy atom. The van der Waals surface area contributed by atoms with Crippen molar-refractivity contribution in [1.82, 2.24) is 29.1 Å². The third kappa shape index (κ3) is 2.20. The van der Waals surface area contributed by atoms with Crippen LogP contribution in [0, 0.1) is 0 Å². The highest BCUT2D eigenvalue weighted by Gasteiger charge is 2.13. The Morgan fingerprint density at radius 3 is 3.09 bits per heavy atom. The maximum absolute atomic E-state index is 12.0. The zero-order valence-electron chi connectivity index (χ0n) is 12.4. The summed E-state index contributed by atoms with van der Waals surface area (Å²) in [6, 6.07) is 5.79. The molecular formula is C15H14N6O2. The van der Waals surface area contributed by atoms with Gasteiger partial charge in [-0.15, -0.1) is 0 Å². The molecule has 1 N–H and O–H groups in total. The molecule has 0 fully saturated rings. The van der Waals surface area contributed by atoms with Crippen molar-refractivity contribution in [3.05, 3.63) is 47.3 Å². The molecule has 0 unspecified atom stereocenters. The number of pyridine rings is 1. The van der Waals surface area contributed by atoms with Gasteiger partial charge in [-0.05, 0) is 12.1 Å². The van der Waals surface area contributed by atoms with Crippen LogP contribution >= 0.6 is 0 Å². The van der Waals surface area contributed by atoms with Gasteiger partial charge in [-0.3, -0.25) is 4.57 Å². The average molecular weight is 310 g/mol. The number of nitrogens with zero attached hydrogens (tertiary/aromatic N) is 5. The van der Waals surface area contributed by atoms with E-state index in [0.717, 1.165) is 11.1 Å². The zero-order valence-corrected chi connectivity index (χ0v) is 12.4. The second kappa shape index (κ2) is 5.33. The number of hydrogen-bond acceptors (Lipinski definition) is 5. The molecule has 0 bridgehead atoms. The highest BCUT2D eigenvalue weighted by Crippen LogP contribution is 2.21. The highest BCUT2D eigenvalue weighted by molar-refractivity contribution is 5.79. The molecule has 0 aromatic carbocycles. The first kappa shape index (κ1) is 13.6. The van der Waals surface area contributed by atoms with E-state index in [2.05, 4.69) is 20.1 Å². The molecule has 4 aromatic rings. The predicted molar refractivity (Wildman–Crippen MR) is 84.2 cm³/mol. The summed E-state index contributed by atoms with van der Waals surface area (Å²) in [6.45, 7) is 0.865. The van der Waals surface area contributed by atoms with Gasteiger partial charge in [-0.25, -0.2) is 19.3 Å². The predicted octanol–water partition coefficient (Wildman–Crippen LogP) is 1.08. The van der Waals surface area contributed by atoms with Crippen LogP contribution < -0.4 is 5.69 Å². The monoisotopic (exact) mass is 310 g/mol. The first-order chi connectivity index (χ1) is 11.3. The van der Waals surface area contributed by atoms with Gasteiger partial charge in [0.15, 0.2) is 11.5 Å². The lowest BCUT2D eigenvalue weighted by Gasteiger charge is -2.03. The van der Waals surface area contributed by atoms with Gasteiger partial charge in [-0.1, -0.05) is 6.07 Å². The highest BCUT2D eigenvalue weighted by atomic mass is 16.5. The van der Waals surface area contributed by atoms with Crippen molar-refractivity contribution >= 4 is 16.7 Å². The Balaban J connectivity index is 1.89. The second-order valence-electron chi connectivity index (χ2n) is 5.09. The topological polar surface area (TPSA) is 90.1 Å². The van der Waals surface area contributed by atoms with Crippen LogP contribution in [0.5, 0.6) is 0 Å². The normalized spacial score (nSPS) is 11.5. The van der Waals surface area contributed by atoms with Crippen LogP contribution in [0.3, 0.4) is 0 Å². The Labute approximate surface area is 130 Å². The molecule has 116 valence electrons. The molecule has 0 aliphatic heterocycles. The minimum Gasteiger partial charge on any atom is -0.383 e. The van der Waals surface area contributed by atoms with Gasteiger partial charge in [-0.2, -0.15) is 5.10 Å². The zero-order chi connectivity index (χ0) is 15.8. The van der Waals surface area contributed by atoms with E-state index in [1.54, 1.807) is 28.6 Å². The second-order valence-corrected chi connectivity index (χ2v) is 5.09. The van der Waals surface area contributed by atoms with Crippen LogP contribution in [0.15, 0.2) is 41.6 Å². The van der Waals surface area contributed by atoms with Crippen molar-refractivity contribution < 1.29 is 4.74 Å². The van der Waals surface area contributed by atoms with Gasteiger partial charge in [0.25, 0.3) is 0 Å². The molecular weight excluding hydrogens is 296 g/mol. The SMILES string of the molecule is COCCn1c(=O)[nH]c2cnc(-c3cnn4ccccc34)nc21. The summed E-state index contributed by atoms with van der Waals surface area (Å²) in [6.07, 6.45) is 5.21. The van der Waals surface area contributed by atoms with Crippen molar-refractivity contribution in [3.8, 4) is 11.4 Å². The molecule has 0 aliphatic carbocycles. The quantitative estimate of drug-likeness (QED) is 0.609. The Kier molecular flexibility index (Phi) is 3.16. The number of H-pyrrole nitrogens is 1. The van der Waals surface area contributed by atoms with Crippen molar-refractivity contribution in [2.24, 2.45) is 0 Å². The average Bonchev–Trinajstić information content (AvgIpc) is 3.13. The molecule has 4 aromatic heterocycles. The smallest absolute Gasteiger partial charge is 0.327 e. The van der Waals surface area contributed by atoms with Gasteiger partial charge < -0.3 is 9.72 Å². The first-order valence-electron chi connectivity index (χ1n) is 7.15. The first-order valence-corrected chi connectivity index (χ1v) is 7.15. The van der Waals surface area contributed by atoms with Crippen molar-refractivity contribution in [2.45, 2.75) is 6.54 Å². The van der Waals surface area contributed by atoms with E-state index in [0.29, 0.717) is 30.1 Å². The fourth-order valence-corrected chi connectivity index (χ4v) is 2.57. The summed E-state index contributed by atoms with van der Waals surface area (Å²) in [5.74, 6) is 0.531. The van der Waals surface area contributed by atoms with Crippen LogP contribution in [0.2, 0.25) is 0 Å². The van der Waals surface area contributed by atoms with Gasteiger partial charge >= 0.3 is 5.69 Å². The Morgan fingerprint density at radius 1 is 1.30 bits per heavy atom. The lowest BCUT2D eigenvalue weighted by Crippen LogP contribution is -2.19. The molecule has 0 aliphatic rings. The van der Waals surface area contributed by atoms with E-state index in [1.165, 1.54) is 0 Å². The maximum atomic E-state index is 12.0. The van der Waals surface area contributed by atoms with Gasteiger partial charge in [0, 0.05) is 13.3 Å². The fourth-order valence-electron chi connectivity index (χ4n) is 2.57. The van der Waals surface area contributed by atoms with Crippen molar-refractivity contribution in [2.75, 3.05) is 13.7 Å². The molecule has 4 rings (SSSR count). The summed E-state index contributed by atoms with van der Waals surface area (Å²) in [5.41, 5.74) is 2.68. The summed E-state index contributed by atoms with van der Waals surface area (Å²) in [5, 5.41) is 4.29. The number of methoxy groups -OCH3 is 1. The Hall–Kier alpha value is -3.00. The summed E-state index contributed by atoms with van der Waals surface area (Å²) < 4.78 is 8.36. The summed E-state index contributed by atoms with van der Waals surface area (Å²) >= 11 is 0. The number of hydrogen-bond donors (Lipinski definition) is 1. The van der Waals surface area contributed by atoms with Crippen LogP contribution in [0.25, 0.3) is 28.1 Å². The van der Waals surface area contributed by atoms with Gasteiger partial charge in [0.1, 0.15) is 5.52 Å². The van der Waals surface area contributed by atoms with E-state index in [-0.39, 0.29) is 5.69 Å². The van der Waals surface area contributed by atoms with Gasteiger partial charge in [0.2, 0.25) is 0 Å². The molecule has 4 heterocycles. The van der Waals surface area contributed by atoms with Crippen molar-refractivity contribution in [3.63, 3.8) is 0 Å². The van der Waals surface area contributed by atoms with Crippen LogP contribution in [-0.2, 0) is 11.3 Å². The van der Waals surface area contributed by atoms with E-state index >= 15 is 0 Å². The summed E-state index contributed by atoms with van der Waals surface area (Å²) in [4.78, 5) is 23.7. The number of fused-ring (bicyclic) bond motifs is 2. The van der Waals surface area contributed by atoms with Crippen LogP contribution in [-0.4, -0.2) is 42.8 Å². The number of imidazole rings is 1. The van der Waals surface area contributed by atoms with Crippen molar-refractivity contribution in [1.29, 1.82) is 0 Å². The number of aromatic nitrogens is 6. The molecule has 0 amide bonds. The van der Waals surface area contributed by atoms with Gasteiger partial charge in [0.05, 0.1) is 36.6 Å². The van der Waals surface area contributed by atoms with E-state index < -0.39 is 0 Å². The van der Waals surface area contributed by atoms with Crippen LogP contribution in [0.4, 0.5) is 0 Å². The number of nitrogens with one attached hydrogen (secondary N) is 1. The third-order valence-electron chi connectivity index (χ3n) is 3.70. The third-order valence-corrected chi connectivity index (χ3v) is 3.70. The molecule has 0 atom stereocenters. The molecule has 0 radical (unpaired) electrons. The molecule has 8 heteroatoms. The minimum absolute atomic E-state index is 0.219. The molecule has 8 nitrogen and oxygen atoms in total. The molecule has 23 heavy (non-hydrogen) atoms. The van der Waals surface area contributed by atoms with E-state index in [1.807, 2.05) is 24.4 Å². The van der Waals surface area contributed by atoms with Crippen LogP contribution in [0.1, 0.15) is 0 Å². The van der Waals surface area contributed by atoms with E-state index in [9.17, 15) is 4.79 Å². The summed E-state index contributed by atoms with van der Waals surface area (Å²) in [7, 11) is 1.60. The Bertz CT molecular complexity index is 1040. The standard InChI is InChI=1S/C15H14N6O2/c1-23-7-6-20-14-11(18-15(20)22)9-16-13(19-14)10-8-17-21-5-3-2-4-12(10)21/h2-5,8-9H,6-7H2,1H3,(H,18,22). The van der Waals surface area contributed by atoms with E-state index in [4.69, 9.17) is 4.74 Å². The maximum Gasteiger partial charge on any atom is 0.327 e. The number of ether oxygens (including phenoxy) is 1. The molecule has 0 saturated heterocycles. The number of rotatable bonds is 4. The lowest BCUT2D eigenvalue weighted by molar-refractivity contribution is 0.187. The lowest BCUT2D eigenvalue weighted by atomic mass is 10.2. The molecule has 0 spiro atoms. The molecule has 0 saturated carbocycles. The minimum atomic E-state index is -0.219. The number of aromatic amines is 1.